The zero-order valence-corrected chi connectivity index (χ0v) is 14.2. The second-order valence-electron chi connectivity index (χ2n) is 5.59. The van der Waals surface area contributed by atoms with Crippen molar-refractivity contribution in [3.8, 4) is 0 Å². The van der Waals surface area contributed by atoms with Gasteiger partial charge in [0.2, 0.25) is 10.0 Å². The normalized spacial score (nSPS) is 13.0. The molecule has 0 heterocycles. The number of sulfonamides is 1. The fourth-order valence-corrected chi connectivity index (χ4v) is 3.00. The van der Waals surface area contributed by atoms with Crippen LogP contribution in [-0.4, -0.2) is 25.3 Å². The summed E-state index contributed by atoms with van der Waals surface area (Å²) >= 11 is 0. The molecule has 0 bridgehead atoms. The molecule has 2 aromatic rings. The van der Waals surface area contributed by atoms with Crippen LogP contribution in [0.15, 0.2) is 53.4 Å². The predicted octanol–water partition coefficient (Wildman–Crippen LogP) is 2.44. The average Bonchev–Trinajstić information content (AvgIpc) is 2.53. The summed E-state index contributed by atoms with van der Waals surface area (Å²) in [5, 5.41) is 16.3. The minimum atomic E-state index is -3.77. The lowest BCUT2D eigenvalue weighted by atomic mass is 10.1. The lowest BCUT2D eigenvalue weighted by molar-refractivity contribution is -0.385. The molecule has 0 amide bonds. The Morgan fingerprint density at radius 3 is 2.50 bits per heavy atom. The van der Waals surface area contributed by atoms with E-state index in [-0.39, 0.29) is 16.6 Å². The summed E-state index contributed by atoms with van der Waals surface area (Å²) in [4.78, 5) is 12.7. The molecule has 0 radical (unpaired) electrons. The Bertz CT molecular complexity index is 852. The van der Waals surface area contributed by atoms with Gasteiger partial charge in [-0.15, -0.1) is 0 Å². The Hall–Kier alpha value is -2.29. The van der Waals surface area contributed by atoms with E-state index in [4.69, 9.17) is 5.14 Å². The van der Waals surface area contributed by atoms with Crippen molar-refractivity contribution in [1.29, 1.82) is 0 Å². The van der Waals surface area contributed by atoms with Gasteiger partial charge in [-0.25, -0.2) is 13.6 Å². The smallest absolute Gasteiger partial charge is 0.273 e. The van der Waals surface area contributed by atoms with E-state index in [1.54, 1.807) is 30.3 Å². The van der Waals surface area contributed by atoms with Crippen LogP contribution in [0.1, 0.15) is 24.1 Å². The second-order valence-corrected chi connectivity index (χ2v) is 7.16. The lowest BCUT2D eigenvalue weighted by Crippen LogP contribution is -2.23. The number of para-hydroxylation sites is 1. The van der Waals surface area contributed by atoms with Gasteiger partial charge in [-0.1, -0.05) is 30.3 Å². The van der Waals surface area contributed by atoms with E-state index >= 15 is 0 Å². The van der Waals surface area contributed by atoms with Crippen LogP contribution in [0.5, 0.6) is 0 Å². The van der Waals surface area contributed by atoms with E-state index in [0.29, 0.717) is 12.1 Å². The molecule has 0 saturated heterocycles. The molecule has 1 atom stereocenters. The van der Waals surface area contributed by atoms with Crippen molar-refractivity contribution in [3.63, 3.8) is 0 Å². The highest BCUT2D eigenvalue weighted by atomic mass is 32.2. The Labute approximate surface area is 140 Å². The zero-order chi connectivity index (χ0) is 17.9. The Morgan fingerprint density at radius 2 is 1.88 bits per heavy atom. The van der Waals surface area contributed by atoms with Gasteiger partial charge in [0, 0.05) is 24.2 Å². The minimum Gasteiger partial charge on any atom is -0.295 e. The SMILES string of the molecule is C[C@H](c1cccc(S(N)(=O)=O)c1)N(C)Cc1ccccc1[N+](=O)[O-]. The summed E-state index contributed by atoms with van der Waals surface area (Å²) < 4.78 is 23.0. The number of hydrogen-bond donors (Lipinski definition) is 1. The molecule has 7 nitrogen and oxygen atoms in total. The van der Waals surface area contributed by atoms with Gasteiger partial charge in [0.15, 0.2) is 0 Å². The molecular weight excluding hydrogens is 330 g/mol. The summed E-state index contributed by atoms with van der Waals surface area (Å²) in [6, 6.07) is 12.8. The van der Waals surface area contributed by atoms with E-state index in [0.717, 1.165) is 5.56 Å². The summed E-state index contributed by atoms with van der Waals surface area (Å²) in [7, 11) is -1.94. The van der Waals surface area contributed by atoms with Crippen molar-refractivity contribution in [1.82, 2.24) is 4.90 Å². The van der Waals surface area contributed by atoms with Crippen LogP contribution in [0.2, 0.25) is 0 Å². The molecule has 0 spiro atoms. The minimum absolute atomic E-state index is 0.0472. The molecular formula is C16H19N3O4S. The quantitative estimate of drug-likeness (QED) is 0.637. The highest BCUT2D eigenvalue weighted by Gasteiger charge is 2.19. The van der Waals surface area contributed by atoms with Gasteiger partial charge in [0.05, 0.1) is 9.82 Å². The third-order valence-electron chi connectivity index (χ3n) is 3.94. The highest BCUT2D eigenvalue weighted by Crippen LogP contribution is 2.25. The molecule has 0 unspecified atom stereocenters. The fourth-order valence-electron chi connectivity index (χ4n) is 2.43. The standard InChI is InChI=1S/C16H19N3O4S/c1-12(13-7-5-8-15(10-13)24(17,22)23)18(2)11-14-6-3-4-9-16(14)19(20)21/h3-10,12H,11H2,1-2H3,(H2,17,22,23)/t12-/m1/s1. The topological polar surface area (TPSA) is 107 Å². The first-order valence-corrected chi connectivity index (χ1v) is 8.80. The van der Waals surface area contributed by atoms with Crippen LogP contribution in [0.4, 0.5) is 5.69 Å². The third-order valence-corrected chi connectivity index (χ3v) is 4.85. The lowest BCUT2D eigenvalue weighted by Gasteiger charge is -2.25. The molecule has 0 saturated carbocycles. The van der Waals surface area contributed by atoms with Crippen LogP contribution in [0, 0.1) is 10.1 Å². The van der Waals surface area contributed by atoms with E-state index in [2.05, 4.69) is 0 Å². The van der Waals surface area contributed by atoms with E-state index in [1.165, 1.54) is 18.2 Å². The van der Waals surface area contributed by atoms with Gasteiger partial charge in [-0.2, -0.15) is 0 Å². The van der Waals surface area contributed by atoms with Gasteiger partial charge < -0.3 is 0 Å². The zero-order valence-electron chi connectivity index (χ0n) is 13.4. The van der Waals surface area contributed by atoms with E-state index in [9.17, 15) is 18.5 Å². The van der Waals surface area contributed by atoms with Gasteiger partial charge >= 0.3 is 0 Å². The number of benzene rings is 2. The van der Waals surface area contributed by atoms with Crippen molar-refractivity contribution in [2.75, 3.05) is 7.05 Å². The molecule has 0 aromatic heterocycles. The Morgan fingerprint density at radius 1 is 1.21 bits per heavy atom. The predicted molar refractivity (Wildman–Crippen MR) is 90.8 cm³/mol. The number of rotatable bonds is 6. The third kappa shape index (κ3) is 4.16. The first kappa shape index (κ1) is 18.1. The van der Waals surface area contributed by atoms with Crippen molar-refractivity contribution >= 4 is 15.7 Å². The summed E-state index contributed by atoms with van der Waals surface area (Å²) in [5.41, 5.74) is 1.43. The van der Waals surface area contributed by atoms with Gasteiger partial charge in [-0.3, -0.25) is 15.0 Å². The molecule has 2 N–H and O–H groups in total. The van der Waals surface area contributed by atoms with E-state index in [1.807, 2.05) is 18.9 Å². The molecule has 2 aromatic carbocycles. The van der Waals surface area contributed by atoms with Crippen LogP contribution in [0.25, 0.3) is 0 Å². The second kappa shape index (κ2) is 7.08. The molecule has 0 aliphatic carbocycles. The number of nitrogens with zero attached hydrogens (tertiary/aromatic N) is 2. The first-order valence-electron chi connectivity index (χ1n) is 7.25. The molecule has 8 heteroatoms. The highest BCUT2D eigenvalue weighted by molar-refractivity contribution is 7.89. The number of nitro groups is 1. The van der Waals surface area contributed by atoms with Crippen molar-refractivity contribution in [2.24, 2.45) is 5.14 Å². The van der Waals surface area contributed by atoms with Gasteiger partial charge in [-0.05, 0) is 31.7 Å². The summed E-state index contributed by atoms with van der Waals surface area (Å²) in [5.74, 6) is 0. The van der Waals surface area contributed by atoms with Crippen LogP contribution in [0.3, 0.4) is 0 Å². The number of nitrogens with two attached hydrogens (primary N) is 1. The maximum atomic E-state index is 11.5. The van der Waals surface area contributed by atoms with Gasteiger partial charge in [0.1, 0.15) is 0 Å². The molecule has 24 heavy (non-hydrogen) atoms. The monoisotopic (exact) mass is 349 g/mol. The van der Waals surface area contributed by atoms with Crippen molar-refractivity contribution < 1.29 is 13.3 Å². The summed E-state index contributed by atoms with van der Waals surface area (Å²) in [6.45, 7) is 2.26. The average molecular weight is 349 g/mol. The van der Waals surface area contributed by atoms with Crippen LogP contribution < -0.4 is 5.14 Å². The molecule has 2 rings (SSSR count). The molecule has 128 valence electrons. The maximum Gasteiger partial charge on any atom is 0.273 e. The van der Waals surface area contributed by atoms with Crippen LogP contribution in [-0.2, 0) is 16.6 Å². The van der Waals surface area contributed by atoms with Gasteiger partial charge in [0.25, 0.3) is 5.69 Å². The largest absolute Gasteiger partial charge is 0.295 e. The maximum absolute atomic E-state index is 11.5. The first-order chi connectivity index (χ1) is 11.2. The Kier molecular flexibility index (Phi) is 5.33. The fraction of sp³-hybridized carbons (Fsp3) is 0.250. The van der Waals surface area contributed by atoms with Crippen molar-refractivity contribution in [2.45, 2.75) is 24.4 Å². The van der Waals surface area contributed by atoms with E-state index < -0.39 is 14.9 Å². The molecule has 0 aliphatic rings. The number of primary sulfonamides is 1. The number of hydrogen-bond acceptors (Lipinski definition) is 5. The van der Waals surface area contributed by atoms with Crippen LogP contribution >= 0.6 is 0 Å². The summed E-state index contributed by atoms with van der Waals surface area (Å²) in [6.07, 6.45) is 0. The Balaban J connectivity index is 2.25. The van der Waals surface area contributed by atoms with Crippen molar-refractivity contribution in [3.05, 3.63) is 69.8 Å². The number of nitro benzene ring substituents is 1. The molecule has 0 fully saturated rings. The molecule has 0 aliphatic heterocycles.